The predicted octanol–water partition coefficient (Wildman–Crippen LogP) is 3.56. The number of furan rings is 1. The lowest BCUT2D eigenvalue weighted by Gasteiger charge is -2.43. The topological polar surface area (TPSA) is 52.8 Å². The Balaban J connectivity index is 1.63. The summed E-state index contributed by atoms with van der Waals surface area (Å²) in [5.74, 6) is 2.70. The van der Waals surface area contributed by atoms with Gasteiger partial charge in [0, 0.05) is 45.0 Å². The largest absolute Gasteiger partial charge is 0.464 e. The third-order valence-corrected chi connectivity index (χ3v) is 5.52. The predicted molar refractivity (Wildman–Crippen MR) is 112 cm³/mol. The third kappa shape index (κ3) is 4.55. The lowest BCUT2D eigenvalue weighted by molar-refractivity contribution is 0.0371. The highest BCUT2D eigenvalue weighted by atomic mass is 16.3. The summed E-state index contributed by atoms with van der Waals surface area (Å²) in [4.78, 5) is 23.9. The third-order valence-electron chi connectivity index (χ3n) is 5.52. The van der Waals surface area contributed by atoms with Crippen molar-refractivity contribution in [3.63, 3.8) is 0 Å². The van der Waals surface area contributed by atoms with Crippen molar-refractivity contribution in [2.45, 2.75) is 52.7 Å². The van der Waals surface area contributed by atoms with Gasteiger partial charge in [-0.3, -0.25) is 9.69 Å². The summed E-state index contributed by atoms with van der Waals surface area (Å²) >= 11 is 0. The van der Waals surface area contributed by atoms with Gasteiger partial charge < -0.3 is 14.2 Å². The van der Waals surface area contributed by atoms with E-state index in [1.54, 1.807) is 6.20 Å². The Bertz CT molecular complexity index is 784. The Morgan fingerprint density at radius 3 is 2.64 bits per heavy atom. The number of aromatic nitrogens is 1. The van der Waals surface area contributed by atoms with Crippen molar-refractivity contribution in [1.82, 2.24) is 14.8 Å². The Morgan fingerprint density at radius 1 is 1.29 bits per heavy atom. The van der Waals surface area contributed by atoms with E-state index in [4.69, 9.17) is 4.42 Å². The molecule has 0 radical (unpaired) electrons. The molecule has 6 heteroatoms. The van der Waals surface area contributed by atoms with Crippen LogP contribution in [0.4, 0.5) is 5.82 Å². The molecule has 1 aliphatic heterocycles. The van der Waals surface area contributed by atoms with E-state index in [9.17, 15) is 4.79 Å². The average molecular weight is 385 g/mol. The van der Waals surface area contributed by atoms with Crippen LogP contribution in [-0.4, -0.2) is 59.5 Å². The molecular formula is C22H32N4O2. The summed E-state index contributed by atoms with van der Waals surface area (Å²) < 4.78 is 5.63. The van der Waals surface area contributed by atoms with Gasteiger partial charge in [0.1, 0.15) is 17.3 Å². The van der Waals surface area contributed by atoms with Crippen LogP contribution in [0.2, 0.25) is 0 Å². The second-order valence-corrected chi connectivity index (χ2v) is 7.92. The van der Waals surface area contributed by atoms with Crippen molar-refractivity contribution in [1.29, 1.82) is 0 Å². The number of anilines is 1. The van der Waals surface area contributed by atoms with Gasteiger partial charge in [-0.15, -0.1) is 0 Å². The zero-order valence-corrected chi connectivity index (χ0v) is 17.7. The first-order chi connectivity index (χ1) is 13.4. The van der Waals surface area contributed by atoms with E-state index in [1.807, 2.05) is 48.0 Å². The van der Waals surface area contributed by atoms with Gasteiger partial charge in [0.05, 0.1) is 12.1 Å². The van der Waals surface area contributed by atoms with Crippen LogP contribution in [-0.2, 0) is 6.54 Å². The number of hydrogen-bond donors (Lipinski definition) is 0. The molecule has 0 saturated carbocycles. The van der Waals surface area contributed by atoms with Crippen molar-refractivity contribution in [3.05, 3.63) is 47.5 Å². The van der Waals surface area contributed by atoms with Gasteiger partial charge in [0.15, 0.2) is 0 Å². The first kappa shape index (κ1) is 20.4. The van der Waals surface area contributed by atoms with Crippen LogP contribution in [0.25, 0.3) is 0 Å². The van der Waals surface area contributed by atoms with E-state index in [-0.39, 0.29) is 5.91 Å². The quantitative estimate of drug-likeness (QED) is 0.762. The molecule has 1 atom stereocenters. The number of carbonyl (C=O) groups excluding carboxylic acids is 1. The van der Waals surface area contributed by atoms with Crippen molar-refractivity contribution < 1.29 is 9.21 Å². The first-order valence-electron chi connectivity index (χ1n) is 10.2. The van der Waals surface area contributed by atoms with Crippen molar-refractivity contribution in [3.8, 4) is 0 Å². The summed E-state index contributed by atoms with van der Waals surface area (Å²) in [5.41, 5.74) is 0.652. The number of aryl methyl sites for hydroxylation is 1. The fourth-order valence-corrected chi connectivity index (χ4v) is 3.90. The molecule has 1 fully saturated rings. The van der Waals surface area contributed by atoms with Crippen LogP contribution < -0.4 is 4.90 Å². The second-order valence-electron chi connectivity index (χ2n) is 7.92. The number of amides is 1. The number of pyridine rings is 1. The fourth-order valence-electron chi connectivity index (χ4n) is 3.90. The van der Waals surface area contributed by atoms with Gasteiger partial charge in [0.2, 0.25) is 0 Å². The van der Waals surface area contributed by atoms with Gasteiger partial charge in [-0.25, -0.2) is 4.98 Å². The molecule has 0 bridgehead atoms. The highest BCUT2D eigenvalue weighted by molar-refractivity contribution is 5.94. The monoisotopic (exact) mass is 384 g/mol. The van der Waals surface area contributed by atoms with Crippen LogP contribution >= 0.6 is 0 Å². The number of nitrogens with zero attached hydrogens (tertiary/aromatic N) is 4. The van der Waals surface area contributed by atoms with Crippen LogP contribution in [0.15, 0.2) is 34.9 Å². The second kappa shape index (κ2) is 8.78. The van der Waals surface area contributed by atoms with Crippen LogP contribution in [0.5, 0.6) is 0 Å². The maximum absolute atomic E-state index is 13.0. The molecule has 0 N–H and O–H groups in total. The molecule has 0 aliphatic carbocycles. The maximum atomic E-state index is 13.0. The van der Waals surface area contributed by atoms with Gasteiger partial charge >= 0.3 is 0 Å². The molecule has 3 heterocycles. The average Bonchev–Trinajstić information content (AvgIpc) is 3.11. The van der Waals surface area contributed by atoms with Gasteiger partial charge in [0.25, 0.3) is 5.91 Å². The van der Waals surface area contributed by atoms with E-state index in [1.165, 1.54) is 0 Å². The normalized spacial score (nSPS) is 17.9. The maximum Gasteiger partial charge on any atom is 0.255 e. The van der Waals surface area contributed by atoms with Crippen LogP contribution in [0.1, 0.15) is 49.1 Å². The highest BCUT2D eigenvalue weighted by Gasteiger charge is 2.30. The summed E-state index contributed by atoms with van der Waals surface area (Å²) in [6.07, 6.45) is 2.74. The Kier molecular flexibility index (Phi) is 6.39. The van der Waals surface area contributed by atoms with Crippen molar-refractivity contribution in [2.75, 3.05) is 31.6 Å². The highest BCUT2D eigenvalue weighted by Crippen LogP contribution is 2.19. The van der Waals surface area contributed by atoms with E-state index in [0.717, 1.165) is 43.4 Å². The summed E-state index contributed by atoms with van der Waals surface area (Å²) in [6, 6.07) is 8.66. The van der Waals surface area contributed by atoms with E-state index in [2.05, 4.69) is 30.7 Å². The number of piperazine rings is 1. The van der Waals surface area contributed by atoms with Gasteiger partial charge in [-0.1, -0.05) is 6.92 Å². The van der Waals surface area contributed by atoms with E-state index in [0.29, 0.717) is 24.2 Å². The van der Waals surface area contributed by atoms with Gasteiger partial charge in [-0.05, 0) is 51.5 Å². The minimum Gasteiger partial charge on any atom is -0.464 e. The van der Waals surface area contributed by atoms with E-state index >= 15 is 0 Å². The summed E-state index contributed by atoms with van der Waals surface area (Å²) in [7, 11) is 1.97. The molecule has 152 valence electrons. The molecule has 3 rings (SSSR count). The Morgan fingerprint density at radius 2 is 2.07 bits per heavy atom. The lowest BCUT2D eigenvalue weighted by Crippen LogP contribution is -2.56. The molecule has 0 aromatic carbocycles. The van der Waals surface area contributed by atoms with E-state index < -0.39 is 0 Å². The molecule has 1 saturated heterocycles. The number of rotatable bonds is 6. The molecule has 1 aliphatic rings. The summed E-state index contributed by atoms with van der Waals surface area (Å²) in [6.45, 7) is 11.7. The molecule has 2 aromatic heterocycles. The minimum absolute atomic E-state index is 0.0743. The standard InChI is InChI=1S/C22H32N4O2/c1-6-19-14-25(11-12-26(19)16(2)3)22(27)18-8-10-21(23-13-18)24(5)15-20-9-7-17(4)28-20/h7-10,13,16,19H,6,11-12,14-15H2,1-5H3. The SMILES string of the molecule is CCC1CN(C(=O)c2ccc(N(C)Cc3ccc(C)o3)nc2)CCN1C(C)C. The molecule has 2 aromatic rings. The molecular weight excluding hydrogens is 352 g/mol. The summed E-state index contributed by atoms with van der Waals surface area (Å²) in [5, 5.41) is 0. The zero-order valence-electron chi connectivity index (χ0n) is 17.7. The molecule has 1 unspecified atom stereocenters. The smallest absolute Gasteiger partial charge is 0.255 e. The number of carbonyl (C=O) groups is 1. The fraction of sp³-hybridized carbons (Fsp3) is 0.545. The molecule has 1 amide bonds. The van der Waals surface area contributed by atoms with Crippen molar-refractivity contribution >= 4 is 11.7 Å². The van der Waals surface area contributed by atoms with Crippen LogP contribution in [0, 0.1) is 6.92 Å². The molecule has 28 heavy (non-hydrogen) atoms. The molecule has 6 nitrogen and oxygen atoms in total. The number of hydrogen-bond acceptors (Lipinski definition) is 5. The van der Waals surface area contributed by atoms with Crippen LogP contribution in [0.3, 0.4) is 0 Å². The van der Waals surface area contributed by atoms with Gasteiger partial charge in [-0.2, -0.15) is 0 Å². The Labute approximate surface area is 168 Å². The lowest BCUT2D eigenvalue weighted by atomic mass is 10.1. The minimum atomic E-state index is 0.0743. The first-order valence-corrected chi connectivity index (χ1v) is 10.2. The zero-order chi connectivity index (χ0) is 20.3. The molecule has 0 spiro atoms. The van der Waals surface area contributed by atoms with Crippen molar-refractivity contribution in [2.24, 2.45) is 0 Å². The Hall–Kier alpha value is -2.34.